The van der Waals surface area contributed by atoms with Gasteiger partial charge in [0.15, 0.2) is 18.9 Å². The minimum Gasteiger partial charge on any atom is -0.480 e. The number of unbranched alkanes of at least 4 members (excludes halogenated alkanes) is 5. The predicted octanol–water partition coefficient (Wildman–Crippen LogP) is -3.94. The fraction of sp³-hybridized carbons (Fsp3) is 0.933. The van der Waals surface area contributed by atoms with Crippen LogP contribution in [0.15, 0.2) is 0 Å². The first-order chi connectivity index (χ1) is 23.3. The Hall–Kier alpha value is -1.66. The lowest BCUT2D eigenvalue weighted by Gasteiger charge is -2.49. The number of aliphatic hydroxyl groups is 8. The molecule has 49 heavy (non-hydrogen) atoms. The van der Waals surface area contributed by atoms with Gasteiger partial charge in [-0.25, -0.2) is 4.79 Å². The summed E-state index contributed by atoms with van der Waals surface area (Å²) in [6.07, 6.45) is -17.2. The molecule has 0 saturated carbocycles. The third-order valence-corrected chi connectivity index (χ3v) is 8.58. The minimum absolute atomic E-state index is 0.237. The van der Waals surface area contributed by atoms with Gasteiger partial charge >= 0.3 is 5.97 Å². The van der Waals surface area contributed by atoms with E-state index >= 15 is 0 Å². The second-order valence-electron chi connectivity index (χ2n) is 12.4. The van der Waals surface area contributed by atoms with Gasteiger partial charge in [0.25, 0.3) is 0 Å². The third-order valence-electron chi connectivity index (χ3n) is 8.58. The molecule has 19 heteroatoms. The summed E-state index contributed by atoms with van der Waals surface area (Å²) >= 11 is 0. The lowest BCUT2D eigenvalue weighted by Crippen LogP contribution is -2.68. The first-order valence-corrected chi connectivity index (χ1v) is 16.6. The van der Waals surface area contributed by atoms with Crippen molar-refractivity contribution in [3.8, 4) is 0 Å². The molecule has 0 radical (unpaired) electrons. The maximum atomic E-state index is 12.1. The van der Waals surface area contributed by atoms with Gasteiger partial charge < -0.3 is 84.4 Å². The van der Waals surface area contributed by atoms with Gasteiger partial charge in [0.2, 0.25) is 5.91 Å². The van der Waals surface area contributed by atoms with Gasteiger partial charge in [-0.15, -0.1) is 0 Å². The summed E-state index contributed by atoms with van der Waals surface area (Å²) in [6, 6.07) is -1.20. The molecule has 0 aromatic heterocycles. The van der Waals surface area contributed by atoms with Crippen molar-refractivity contribution in [2.45, 2.75) is 144 Å². The van der Waals surface area contributed by atoms with Gasteiger partial charge in [-0.1, -0.05) is 39.0 Å². The molecule has 0 spiro atoms. The van der Waals surface area contributed by atoms with Crippen LogP contribution >= 0.6 is 0 Å². The van der Waals surface area contributed by atoms with Gasteiger partial charge in [-0.05, 0) is 6.42 Å². The summed E-state index contributed by atoms with van der Waals surface area (Å²) in [4.78, 5) is 23.1. The van der Waals surface area contributed by atoms with E-state index in [9.17, 15) is 50.4 Å². The summed E-state index contributed by atoms with van der Waals surface area (Å²) in [5, 5.41) is 95.9. The molecule has 10 N–H and O–H groups in total. The van der Waals surface area contributed by atoms with E-state index in [0.29, 0.717) is 6.42 Å². The first kappa shape index (κ1) is 41.8. The molecule has 0 unspecified atom stereocenters. The van der Waals surface area contributed by atoms with Crippen LogP contribution in [0.1, 0.15) is 52.4 Å². The number of nitrogens with one attached hydrogen (secondary N) is 1. The molecule has 1 amide bonds. The third kappa shape index (κ3) is 11.4. The SMILES string of the molecule is CCCCCCCCO[C@@H]1O[C@H](CO)[C@@H](O[C@@H]2O[C@H](COCC(=O)O)[C@H](O)[C@H](O[C@H]3O[C@H](CO)[C@H](O)[C@H](O)[C@H]3O)[C@H]2O)[C@H](O)[C@H]1NC(C)=O. The monoisotopic (exact) mass is 715 g/mol. The summed E-state index contributed by atoms with van der Waals surface area (Å²) in [6.45, 7) is 0.685. The molecule has 0 bridgehead atoms. The Morgan fingerprint density at radius 3 is 1.90 bits per heavy atom. The molecule has 15 atom stereocenters. The van der Waals surface area contributed by atoms with Gasteiger partial charge in [0, 0.05) is 13.5 Å². The highest BCUT2D eigenvalue weighted by Gasteiger charge is 2.54. The molecule has 0 aromatic rings. The molecule has 3 rings (SSSR count). The Balaban J connectivity index is 1.79. The van der Waals surface area contributed by atoms with Crippen molar-refractivity contribution in [3.63, 3.8) is 0 Å². The summed E-state index contributed by atoms with van der Waals surface area (Å²) < 4.78 is 39.4. The number of amides is 1. The zero-order valence-electron chi connectivity index (χ0n) is 27.6. The number of hydrogen-bond acceptors (Lipinski definition) is 17. The number of rotatable bonds is 19. The van der Waals surface area contributed by atoms with Crippen molar-refractivity contribution >= 4 is 11.9 Å². The Morgan fingerprint density at radius 2 is 1.27 bits per heavy atom. The average molecular weight is 716 g/mol. The number of aliphatic carboxylic acids is 1. The van der Waals surface area contributed by atoms with E-state index in [2.05, 4.69) is 12.2 Å². The maximum absolute atomic E-state index is 12.1. The van der Waals surface area contributed by atoms with Crippen LogP contribution in [0.4, 0.5) is 0 Å². The van der Waals surface area contributed by atoms with Crippen LogP contribution in [0.25, 0.3) is 0 Å². The second-order valence-corrected chi connectivity index (χ2v) is 12.4. The molecule has 3 heterocycles. The largest absolute Gasteiger partial charge is 0.480 e. The van der Waals surface area contributed by atoms with Crippen LogP contribution in [-0.4, -0.2) is 183 Å². The van der Waals surface area contributed by atoms with E-state index in [4.69, 9.17) is 38.3 Å². The molecule has 3 fully saturated rings. The van der Waals surface area contributed by atoms with Crippen LogP contribution in [0.2, 0.25) is 0 Å². The topological polar surface area (TPSA) is 293 Å². The molecule has 0 aliphatic carbocycles. The molecule has 19 nitrogen and oxygen atoms in total. The van der Waals surface area contributed by atoms with Crippen molar-refractivity contribution in [3.05, 3.63) is 0 Å². The predicted molar refractivity (Wildman–Crippen MR) is 161 cm³/mol. The molecule has 0 aromatic carbocycles. The van der Waals surface area contributed by atoms with Crippen molar-refractivity contribution in [2.24, 2.45) is 0 Å². The summed E-state index contributed by atoms with van der Waals surface area (Å²) in [7, 11) is 0. The van der Waals surface area contributed by atoms with Crippen LogP contribution in [0.3, 0.4) is 0 Å². The number of carboxylic acids is 1. The van der Waals surface area contributed by atoms with Gasteiger partial charge in [0.05, 0.1) is 19.8 Å². The maximum Gasteiger partial charge on any atom is 0.329 e. The molecule has 3 aliphatic rings. The lowest BCUT2D eigenvalue weighted by molar-refractivity contribution is -0.376. The van der Waals surface area contributed by atoms with E-state index in [1.807, 2.05) is 0 Å². The number of hydrogen-bond donors (Lipinski definition) is 10. The number of carbonyl (C=O) groups excluding carboxylic acids is 1. The second kappa shape index (κ2) is 20.4. The zero-order valence-corrected chi connectivity index (χ0v) is 27.6. The minimum atomic E-state index is -1.95. The molecule has 286 valence electrons. The van der Waals surface area contributed by atoms with Crippen molar-refractivity contribution in [1.82, 2.24) is 5.32 Å². The highest BCUT2D eigenvalue weighted by Crippen LogP contribution is 2.33. The van der Waals surface area contributed by atoms with Crippen LogP contribution in [-0.2, 0) is 42.7 Å². The van der Waals surface area contributed by atoms with Crippen LogP contribution < -0.4 is 5.32 Å². The Morgan fingerprint density at radius 1 is 0.673 bits per heavy atom. The lowest BCUT2D eigenvalue weighted by atomic mass is 9.95. The first-order valence-electron chi connectivity index (χ1n) is 16.6. The number of ether oxygens (including phenoxy) is 7. The zero-order chi connectivity index (χ0) is 36.2. The number of aliphatic hydroxyl groups excluding tert-OH is 8. The number of carbonyl (C=O) groups is 2. The molecular weight excluding hydrogens is 662 g/mol. The Kier molecular flexibility index (Phi) is 17.4. The number of carboxylic acid groups (broad SMARTS) is 1. The Labute approximate surface area is 283 Å². The highest BCUT2D eigenvalue weighted by molar-refractivity contribution is 5.73. The van der Waals surface area contributed by atoms with Crippen molar-refractivity contribution in [2.75, 3.05) is 33.0 Å². The standard InChI is InChI=1S/C30H53NO18/c1-3-4-5-6-7-8-9-44-28-19(31-14(2)34)22(39)26(16(11-33)46-28)48-30-25(42)27(21(38)17(47-30)12-43-13-18(35)36)49-29-24(41)23(40)20(37)15(10-32)45-29/h15-17,19-30,32-33,37-42H,3-13H2,1-2H3,(H,31,34)(H,35,36)/t15-,16-,17-,19-,20+,21+,22-,23+,24-,25-,26-,27+,28-,29-,30+/m1/s1. The summed E-state index contributed by atoms with van der Waals surface area (Å²) in [5.74, 6) is -1.87. The van der Waals surface area contributed by atoms with Gasteiger partial charge in [-0.3, -0.25) is 4.79 Å². The molecule has 3 saturated heterocycles. The normalized spacial score (nSPS) is 39.8. The summed E-state index contributed by atoms with van der Waals surface area (Å²) in [5.41, 5.74) is 0. The van der Waals surface area contributed by atoms with E-state index < -0.39 is 130 Å². The quantitative estimate of drug-likeness (QED) is 0.0571. The van der Waals surface area contributed by atoms with E-state index in [1.165, 1.54) is 6.92 Å². The van der Waals surface area contributed by atoms with Gasteiger partial charge in [0.1, 0.15) is 79.8 Å². The van der Waals surface area contributed by atoms with Gasteiger partial charge in [-0.2, -0.15) is 0 Å². The van der Waals surface area contributed by atoms with Crippen LogP contribution in [0, 0.1) is 0 Å². The Bertz CT molecular complexity index is 993. The highest BCUT2D eigenvalue weighted by atomic mass is 16.8. The fourth-order valence-corrected chi connectivity index (χ4v) is 5.91. The molecule has 3 aliphatic heterocycles. The van der Waals surface area contributed by atoms with E-state index in [1.54, 1.807) is 0 Å². The molecular formula is C30H53NO18. The van der Waals surface area contributed by atoms with E-state index in [0.717, 1.165) is 32.1 Å². The fourth-order valence-electron chi connectivity index (χ4n) is 5.91. The van der Waals surface area contributed by atoms with Crippen LogP contribution in [0.5, 0.6) is 0 Å². The van der Waals surface area contributed by atoms with Crippen molar-refractivity contribution in [1.29, 1.82) is 0 Å². The van der Waals surface area contributed by atoms with E-state index in [-0.39, 0.29) is 6.61 Å². The smallest absolute Gasteiger partial charge is 0.329 e. The van der Waals surface area contributed by atoms with Crippen molar-refractivity contribution < 1.29 is 88.7 Å². The average Bonchev–Trinajstić information content (AvgIpc) is 3.06.